The van der Waals surface area contributed by atoms with E-state index in [1.165, 1.54) is 6.92 Å². The molecule has 4 aliphatic carbocycles. The van der Waals surface area contributed by atoms with Crippen LogP contribution in [0, 0.1) is 5.41 Å². The van der Waals surface area contributed by atoms with Crippen LogP contribution in [0.1, 0.15) is 45.4 Å². The van der Waals surface area contributed by atoms with Crippen LogP contribution < -0.4 is 0 Å². The summed E-state index contributed by atoms with van der Waals surface area (Å²) < 4.78 is 43.0. The average molecular weight is 232 g/mol. The Bertz CT molecular complexity index is 325. The van der Waals surface area contributed by atoms with Gasteiger partial charge < -0.3 is 0 Å². The Morgan fingerprint density at radius 2 is 1.12 bits per heavy atom. The lowest BCUT2D eigenvalue weighted by atomic mass is 9.45. The summed E-state index contributed by atoms with van der Waals surface area (Å²) in [6, 6.07) is 0. The van der Waals surface area contributed by atoms with Gasteiger partial charge in [0.15, 0.2) is 0 Å². The number of alkyl halides is 3. The van der Waals surface area contributed by atoms with E-state index in [0.717, 1.165) is 0 Å². The van der Waals surface area contributed by atoms with E-state index >= 15 is 0 Å². The van der Waals surface area contributed by atoms with E-state index in [0.29, 0.717) is 0 Å². The van der Waals surface area contributed by atoms with Gasteiger partial charge in [0.2, 0.25) is 0 Å². The summed E-state index contributed by atoms with van der Waals surface area (Å²) in [5, 5.41) is 0. The molecule has 0 radical (unpaired) electrons. The molecule has 16 heavy (non-hydrogen) atoms. The molecule has 0 amide bonds. The first-order chi connectivity index (χ1) is 7.19. The van der Waals surface area contributed by atoms with Crippen LogP contribution in [-0.4, -0.2) is 22.8 Å². The number of hydrogen-bond donors (Lipinski definition) is 0. The minimum Gasteiger partial charge on any atom is -0.299 e. The maximum atomic E-state index is 14.3. The van der Waals surface area contributed by atoms with Crippen LogP contribution in [0.25, 0.3) is 0 Å². The molecule has 0 aromatic heterocycles. The molecule has 4 aliphatic rings. The quantitative estimate of drug-likeness (QED) is 0.679. The monoisotopic (exact) mass is 232 g/mol. The smallest absolute Gasteiger partial charge is 0.136 e. The van der Waals surface area contributed by atoms with Crippen LogP contribution in [0.5, 0.6) is 0 Å². The van der Waals surface area contributed by atoms with Gasteiger partial charge in [0.1, 0.15) is 22.8 Å². The fraction of sp³-hybridized carbons (Fsp3) is 0.917. The molecule has 0 spiro atoms. The highest BCUT2D eigenvalue weighted by molar-refractivity contribution is 5.83. The Morgan fingerprint density at radius 3 is 1.38 bits per heavy atom. The number of rotatable bonds is 1. The standard InChI is InChI=1S/C12H15F3O/c1-8(16)9-2-10(13)5-11(14,3-9)7-12(15,4-9)6-10/h2-7H2,1H3. The summed E-state index contributed by atoms with van der Waals surface area (Å²) in [6.45, 7) is 1.34. The zero-order valence-electron chi connectivity index (χ0n) is 9.28. The Kier molecular flexibility index (Phi) is 1.65. The molecule has 0 aliphatic heterocycles. The van der Waals surface area contributed by atoms with Gasteiger partial charge in [-0.3, -0.25) is 4.79 Å². The molecule has 1 nitrogen and oxygen atoms in total. The van der Waals surface area contributed by atoms with Crippen LogP contribution in [0.15, 0.2) is 0 Å². The van der Waals surface area contributed by atoms with E-state index in [1.54, 1.807) is 0 Å². The Balaban J connectivity index is 2.11. The van der Waals surface area contributed by atoms with Crippen molar-refractivity contribution in [2.24, 2.45) is 5.41 Å². The summed E-state index contributed by atoms with van der Waals surface area (Å²) >= 11 is 0. The number of carbonyl (C=O) groups excluding carboxylic acids is 1. The Labute approximate surface area is 92.4 Å². The van der Waals surface area contributed by atoms with Crippen LogP contribution in [0.2, 0.25) is 0 Å². The predicted octanol–water partition coefficient (Wildman–Crippen LogP) is 3.07. The first kappa shape index (κ1) is 10.6. The number of ketones is 1. The van der Waals surface area contributed by atoms with Crippen LogP contribution >= 0.6 is 0 Å². The maximum Gasteiger partial charge on any atom is 0.136 e. The van der Waals surface area contributed by atoms with Crippen molar-refractivity contribution in [2.45, 2.75) is 62.5 Å². The molecule has 4 heteroatoms. The predicted molar refractivity (Wildman–Crippen MR) is 52.3 cm³/mol. The largest absolute Gasteiger partial charge is 0.299 e. The SMILES string of the molecule is CC(=O)C12CC3(F)CC(F)(CC(F)(C3)C1)C2. The van der Waals surface area contributed by atoms with Crippen molar-refractivity contribution in [3.63, 3.8) is 0 Å². The van der Waals surface area contributed by atoms with Gasteiger partial charge in [0, 0.05) is 24.7 Å². The molecular formula is C12H15F3O. The van der Waals surface area contributed by atoms with Crippen LogP contribution in [0.3, 0.4) is 0 Å². The summed E-state index contributed by atoms with van der Waals surface area (Å²) in [4.78, 5) is 11.6. The summed E-state index contributed by atoms with van der Waals surface area (Å²) in [5.41, 5.74) is -6.48. The molecule has 0 saturated heterocycles. The van der Waals surface area contributed by atoms with Crippen molar-refractivity contribution >= 4 is 5.78 Å². The molecule has 4 bridgehead atoms. The minimum atomic E-state index is -1.80. The molecule has 0 N–H and O–H groups in total. The van der Waals surface area contributed by atoms with Gasteiger partial charge in [-0.25, -0.2) is 13.2 Å². The molecule has 90 valence electrons. The van der Waals surface area contributed by atoms with Gasteiger partial charge in [-0.05, 0) is 26.2 Å². The number of hydrogen-bond acceptors (Lipinski definition) is 1. The summed E-state index contributed by atoms with van der Waals surface area (Å²) in [7, 11) is 0. The maximum absolute atomic E-state index is 14.3. The minimum absolute atomic E-state index is 0.0205. The number of halogens is 3. The zero-order chi connectivity index (χ0) is 11.8. The van der Waals surface area contributed by atoms with E-state index in [-0.39, 0.29) is 44.3 Å². The van der Waals surface area contributed by atoms with E-state index in [9.17, 15) is 18.0 Å². The van der Waals surface area contributed by atoms with E-state index in [2.05, 4.69) is 0 Å². The topological polar surface area (TPSA) is 17.1 Å². The molecule has 0 aromatic carbocycles. The summed E-state index contributed by atoms with van der Waals surface area (Å²) in [6.07, 6.45) is -0.603. The molecule has 4 rings (SSSR count). The van der Waals surface area contributed by atoms with Crippen LogP contribution in [-0.2, 0) is 4.79 Å². The Hall–Kier alpha value is -0.540. The highest BCUT2D eigenvalue weighted by Gasteiger charge is 2.71. The molecule has 0 unspecified atom stereocenters. The average Bonchev–Trinajstić information content (AvgIpc) is 1.92. The van der Waals surface area contributed by atoms with E-state index in [4.69, 9.17) is 0 Å². The third kappa shape index (κ3) is 1.22. The van der Waals surface area contributed by atoms with Gasteiger partial charge in [0.25, 0.3) is 0 Å². The van der Waals surface area contributed by atoms with Gasteiger partial charge >= 0.3 is 0 Å². The first-order valence-corrected chi connectivity index (χ1v) is 5.76. The molecule has 4 saturated carbocycles. The number of Topliss-reactive ketones (excluding diaryl/α,β-unsaturated/α-hetero) is 1. The van der Waals surface area contributed by atoms with Crippen molar-refractivity contribution in [3.8, 4) is 0 Å². The van der Waals surface area contributed by atoms with Crippen molar-refractivity contribution in [1.29, 1.82) is 0 Å². The third-order valence-corrected chi connectivity index (χ3v) is 4.61. The second kappa shape index (κ2) is 2.49. The lowest BCUT2D eigenvalue weighted by Crippen LogP contribution is -2.67. The molecule has 0 aromatic rings. The normalized spacial score (nSPS) is 59.0. The second-order valence-corrected chi connectivity index (χ2v) is 6.35. The van der Waals surface area contributed by atoms with Gasteiger partial charge in [-0.1, -0.05) is 0 Å². The fourth-order valence-corrected chi connectivity index (χ4v) is 4.65. The van der Waals surface area contributed by atoms with Crippen molar-refractivity contribution in [1.82, 2.24) is 0 Å². The Morgan fingerprint density at radius 1 is 0.812 bits per heavy atom. The second-order valence-electron chi connectivity index (χ2n) is 6.35. The highest BCUT2D eigenvalue weighted by atomic mass is 19.2. The molecule has 4 fully saturated rings. The lowest BCUT2D eigenvalue weighted by molar-refractivity contribution is -0.214. The van der Waals surface area contributed by atoms with Gasteiger partial charge in [-0.2, -0.15) is 0 Å². The van der Waals surface area contributed by atoms with E-state index < -0.39 is 22.4 Å². The summed E-state index contributed by atoms with van der Waals surface area (Å²) in [5.74, 6) is -0.252. The lowest BCUT2D eigenvalue weighted by Gasteiger charge is -2.62. The van der Waals surface area contributed by atoms with Gasteiger partial charge in [-0.15, -0.1) is 0 Å². The van der Waals surface area contributed by atoms with Gasteiger partial charge in [0.05, 0.1) is 0 Å². The number of carbonyl (C=O) groups is 1. The van der Waals surface area contributed by atoms with Crippen molar-refractivity contribution in [3.05, 3.63) is 0 Å². The third-order valence-electron chi connectivity index (χ3n) is 4.61. The van der Waals surface area contributed by atoms with Crippen molar-refractivity contribution < 1.29 is 18.0 Å². The van der Waals surface area contributed by atoms with Crippen LogP contribution in [0.4, 0.5) is 13.2 Å². The molecule has 0 heterocycles. The first-order valence-electron chi connectivity index (χ1n) is 5.76. The zero-order valence-corrected chi connectivity index (χ0v) is 9.28. The highest BCUT2D eigenvalue weighted by Crippen LogP contribution is 2.68. The molecule has 0 atom stereocenters. The fourth-order valence-electron chi connectivity index (χ4n) is 4.65. The van der Waals surface area contributed by atoms with Crippen molar-refractivity contribution in [2.75, 3.05) is 0 Å². The van der Waals surface area contributed by atoms with E-state index in [1.807, 2.05) is 0 Å². The molecular weight excluding hydrogens is 217 g/mol.